The molecular weight excluding hydrogens is 1840 g/mol. The van der Waals surface area contributed by atoms with Crippen LogP contribution in [0.4, 0.5) is 0 Å². The van der Waals surface area contributed by atoms with Crippen molar-refractivity contribution in [1.82, 2.24) is 0 Å². The van der Waals surface area contributed by atoms with E-state index in [9.17, 15) is 38.4 Å². The third kappa shape index (κ3) is 45.6. The molecule has 0 aliphatic carbocycles. The Morgan fingerprint density at radius 1 is 0.130 bits per heavy atom. The first-order valence-corrected chi connectivity index (χ1v) is 54.2. The van der Waals surface area contributed by atoms with Crippen LogP contribution in [0.15, 0.2) is 231 Å². The molecule has 0 aliphatic heterocycles. The maximum atomic E-state index is 14.0. The van der Waals surface area contributed by atoms with Gasteiger partial charge in [0, 0.05) is 0 Å². The first kappa shape index (κ1) is 115. The zero-order valence-electron chi connectivity index (χ0n) is 86.7. The predicted molar refractivity (Wildman–Crippen MR) is 572 cm³/mol. The van der Waals surface area contributed by atoms with Crippen LogP contribution in [0.5, 0.6) is 80.5 Å². The third-order valence-electron chi connectivity index (χ3n) is 25.2. The summed E-state index contributed by atoms with van der Waals surface area (Å²) in [4.78, 5) is 109. The summed E-state index contributed by atoms with van der Waals surface area (Å²) in [5.41, 5.74) is 0.883. The molecule has 0 atom stereocenters. The molecule has 782 valence electrons. The molecule has 0 fully saturated rings. The Kier molecular flexibility index (Phi) is 54.2. The van der Waals surface area contributed by atoms with Gasteiger partial charge in [-0.3, -0.25) is 0 Å². The second kappa shape index (κ2) is 68.9. The van der Waals surface area contributed by atoms with Crippen LogP contribution in [0.25, 0.3) is 0 Å². The van der Waals surface area contributed by atoms with Gasteiger partial charge in [-0.25, -0.2) is 38.4 Å². The number of hydrogen-bond acceptors (Lipinski definition) is 22. The highest BCUT2D eigenvalue weighted by molar-refractivity contribution is 6.00. The largest absolute Gasteiger partial charge is 0.494 e. The van der Waals surface area contributed by atoms with Crippen LogP contribution in [-0.4, -0.2) is 87.4 Å². The van der Waals surface area contributed by atoms with Crippen molar-refractivity contribution in [2.75, 3.05) is 39.6 Å². The molecule has 22 heteroatoms. The molecule has 0 bridgehead atoms. The standard InChI is InChI=1S/C124H154O22/c1-5-9-13-17-21-27-33-39-45-83-133-103-67-75-111(76-68-103)139-117(125)95-51-59-107(60-52-95)143-121(129)99-89-100(122(130)144-108-61-53-96(54-62-108)118(126)140-112-77-69-104(70-78-112)134-84-46-40-34-28-22-18-14-10-6-2)92-115(91-99)137-87-49-43-37-31-25-26-32-38-44-50-88-138-116-93-101(123(131)145-109-63-55-97(56-64-109)119(127)141-113-79-71-105(72-80-113)135-85-47-41-35-29-23-19-15-11-7-3)90-102(94-116)124(132)146-110-65-57-98(58-66-110)120(128)142-114-81-73-106(74-82-114)136-86-48-42-36-30-24-20-16-12-8-4/h51-82,89-94H,5-50,83-88H2,1-4H3. The van der Waals surface area contributed by atoms with Crippen LogP contribution in [0.2, 0.25) is 0 Å². The average molecular weight is 2000 g/mol. The Balaban J connectivity index is 0.684. The Labute approximate surface area is 865 Å². The Bertz CT molecular complexity index is 4770. The molecule has 10 aromatic rings. The van der Waals surface area contributed by atoms with Crippen LogP contribution < -0.4 is 66.3 Å². The van der Waals surface area contributed by atoms with Gasteiger partial charge in [-0.2, -0.15) is 0 Å². The van der Waals surface area contributed by atoms with Gasteiger partial charge in [0.25, 0.3) is 0 Å². The highest BCUT2D eigenvalue weighted by atomic mass is 16.6. The maximum Gasteiger partial charge on any atom is 0.343 e. The van der Waals surface area contributed by atoms with E-state index in [-0.39, 0.29) is 92.2 Å². The number of carbonyl (C=O) groups excluding carboxylic acids is 8. The summed E-state index contributed by atoms with van der Waals surface area (Å²) in [7, 11) is 0. The summed E-state index contributed by atoms with van der Waals surface area (Å²) >= 11 is 0. The second-order valence-electron chi connectivity index (χ2n) is 37.5. The van der Waals surface area contributed by atoms with Gasteiger partial charge in [0.2, 0.25) is 0 Å². The number of benzene rings is 10. The van der Waals surface area contributed by atoms with Crippen LogP contribution in [0.3, 0.4) is 0 Å². The lowest BCUT2D eigenvalue weighted by Crippen LogP contribution is -2.14. The first-order valence-electron chi connectivity index (χ1n) is 54.2. The van der Waals surface area contributed by atoms with Gasteiger partial charge in [0.1, 0.15) is 80.5 Å². The van der Waals surface area contributed by atoms with Gasteiger partial charge in [-0.1, -0.05) is 285 Å². The normalized spacial score (nSPS) is 11.0. The minimum absolute atomic E-state index is 0.000582. The zero-order chi connectivity index (χ0) is 103. The van der Waals surface area contributed by atoms with Crippen LogP contribution in [0.1, 0.15) is 406 Å². The van der Waals surface area contributed by atoms with Gasteiger partial charge in [0.15, 0.2) is 0 Å². The van der Waals surface area contributed by atoms with Gasteiger partial charge >= 0.3 is 47.8 Å². The molecule has 0 aromatic heterocycles. The second-order valence-corrected chi connectivity index (χ2v) is 37.5. The highest BCUT2D eigenvalue weighted by Crippen LogP contribution is 2.32. The van der Waals surface area contributed by atoms with E-state index in [1.54, 1.807) is 97.1 Å². The lowest BCUT2D eigenvalue weighted by Gasteiger charge is -2.12. The summed E-state index contributed by atoms with van der Waals surface area (Å²) in [6.45, 7) is 11.9. The van der Waals surface area contributed by atoms with Gasteiger partial charge in [0.05, 0.1) is 84.1 Å². The van der Waals surface area contributed by atoms with Gasteiger partial charge in [-0.05, 0) is 269 Å². The smallest absolute Gasteiger partial charge is 0.343 e. The lowest BCUT2D eigenvalue weighted by atomic mass is 10.1. The molecule has 22 nitrogen and oxygen atoms in total. The molecule has 0 heterocycles. The molecule has 0 radical (unpaired) electrons. The minimum Gasteiger partial charge on any atom is -0.494 e. The van der Waals surface area contributed by atoms with E-state index in [0.717, 1.165) is 103 Å². The van der Waals surface area contributed by atoms with Crippen LogP contribution >= 0.6 is 0 Å². The van der Waals surface area contributed by atoms with E-state index >= 15 is 0 Å². The van der Waals surface area contributed by atoms with E-state index in [2.05, 4.69) is 27.7 Å². The number of esters is 8. The van der Waals surface area contributed by atoms with E-state index in [1.807, 2.05) is 0 Å². The Hall–Kier alpha value is -13.2. The van der Waals surface area contributed by atoms with Gasteiger partial charge < -0.3 is 66.3 Å². The molecule has 0 amide bonds. The van der Waals surface area contributed by atoms with E-state index in [4.69, 9.17) is 66.3 Å². The van der Waals surface area contributed by atoms with Crippen molar-refractivity contribution in [3.63, 3.8) is 0 Å². The Morgan fingerprint density at radius 2 is 0.247 bits per heavy atom. The van der Waals surface area contributed by atoms with Crippen LogP contribution in [0, 0.1) is 0 Å². The molecule has 0 saturated heterocycles. The zero-order valence-corrected chi connectivity index (χ0v) is 86.7. The quantitative estimate of drug-likeness (QED) is 0.0195. The van der Waals surface area contributed by atoms with E-state index in [1.165, 1.54) is 313 Å². The molecule has 0 unspecified atom stereocenters. The summed E-state index contributed by atoms with van der Waals surface area (Å²) in [5.74, 6) is -0.528. The lowest BCUT2D eigenvalue weighted by molar-refractivity contribution is 0.0712. The van der Waals surface area contributed by atoms with Crippen molar-refractivity contribution in [1.29, 1.82) is 0 Å². The predicted octanol–water partition coefficient (Wildman–Crippen LogP) is 32.4. The van der Waals surface area contributed by atoms with Crippen molar-refractivity contribution in [3.05, 3.63) is 275 Å². The van der Waals surface area contributed by atoms with E-state index < -0.39 is 47.8 Å². The molecule has 0 saturated carbocycles. The number of ether oxygens (including phenoxy) is 14. The summed E-state index contributed by atoms with van der Waals surface area (Å²) in [6.07, 6.45) is 53.0. The number of unbranched alkanes of at least 4 members (excludes halogenated alkanes) is 41. The van der Waals surface area contributed by atoms with Crippen molar-refractivity contribution < 1.29 is 105 Å². The summed E-state index contributed by atoms with van der Waals surface area (Å²) < 4.78 is 82.2. The topological polar surface area (TPSA) is 266 Å². The minimum atomic E-state index is -0.801. The van der Waals surface area contributed by atoms with Crippen LogP contribution in [-0.2, 0) is 0 Å². The molecule has 146 heavy (non-hydrogen) atoms. The Morgan fingerprint density at radius 3 is 0.397 bits per heavy atom. The SMILES string of the molecule is CCCCCCCCCCCOc1ccc(OC(=O)c2ccc(OC(=O)c3cc(OCCCCCCCCCCCCOc4cc(C(=O)Oc5ccc(C(=O)Oc6ccc(OCCCCCCCCCCC)cc6)cc5)cc(C(=O)Oc5ccc(C(=O)Oc6ccc(OCCCCCCCCCCC)cc6)cc5)c4)cc(C(=O)Oc4ccc(C(=O)Oc5ccc(OCCCCCCCCCCC)cc5)cc4)c3)cc2)cc1. The van der Waals surface area contributed by atoms with Crippen molar-refractivity contribution in [3.8, 4) is 80.5 Å². The van der Waals surface area contributed by atoms with E-state index in [0.29, 0.717) is 85.3 Å². The third-order valence-corrected chi connectivity index (χ3v) is 25.2. The number of carbonyl (C=O) groups is 8. The molecule has 10 rings (SSSR count). The summed E-state index contributed by atoms with van der Waals surface area (Å²) in [6, 6.07) is 60.1. The maximum absolute atomic E-state index is 14.0. The highest BCUT2D eigenvalue weighted by Gasteiger charge is 2.24. The van der Waals surface area contributed by atoms with Crippen molar-refractivity contribution in [2.45, 2.75) is 323 Å². The fourth-order valence-corrected chi connectivity index (χ4v) is 16.6. The monoisotopic (exact) mass is 2000 g/mol. The molecule has 0 N–H and O–H groups in total. The first-order chi connectivity index (χ1) is 71.6. The van der Waals surface area contributed by atoms with Crippen molar-refractivity contribution >= 4 is 47.8 Å². The fourth-order valence-electron chi connectivity index (χ4n) is 16.6. The summed E-state index contributed by atoms with van der Waals surface area (Å²) in [5, 5.41) is 0. The molecular formula is C124H154O22. The fraction of sp³-hybridized carbons (Fsp3) is 0.452. The molecule has 10 aromatic carbocycles. The molecule has 0 spiro atoms. The van der Waals surface area contributed by atoms with Crippen molar-refractivity contribution in [2.24, 2.45) is 0 Å². The van der Waals surface area contributed by atoms with Gasteiger partial charge in [-0.15, -0.1) is 0 Å². The molecule has 0 aliphatic rings. The number of hydrogen-bond donors (Lipinski definition) is 0. The average Bonchev–Trinajstić information content (AvgIpc) is 0.821. The number of rotatable bonds is 75.